The zero-order valence-corrected chi connectivity index (χ0v) is 14.1. The molecule has 0 unspecified atom stereocenters. The van der Waals surface area contributed by atoms with Gasteiger partial charge in [-0.25, -0.2) is 4.98 Å². The molecule has 0 saturated carbocycles. The van der Waals surface area contributed by atoms with Gasteiger partial charge in [0.25, 0.3) is 0 Å². The number of halogens is 3. The molecule has 136 valence electrons. The van der Waals surface area contributed by atoms with Crippen LogP contribution in [-0.4, -0.2) is 23.3 Å². The van der Waals surface area contributed by atoms with Gasteiger partial charge in [0.2, 0.25) is 5.88 Å². The van der Waals surface area contributed by atoms with Gasteiger partial charge in [-0.2, -0.15) is 13.2 Å². The number of hydrogen-bond donors (Lipinski definition) is 1. The van der Waals surface area contributed by atoms with E-state index in [0.29, 0.717) is 18.8 Å². The number of rotatable bonds is 7. The van der Waals surface area contributed by atoms with Gasteiger partial charge in [0.1, 0.15) is 11.5 Å². The molecule has 0 aliphatic heterocycles. The first-order chi connectivity index (χ1) is 11.8. The zero-order chi connectivity index (χ0) is 18.4. The molecule has 0 spiro atoms. The second-order valence-electron chi connectivity index (χ2n) is 5.47. The Morgan fingerprint density at radius 1 is 1.08 bits per heavy atom. The number of phenols is 1. The van der Waals surface area contributed by atoms with Gasteiger partial charge in [-0.05, 0) is 37.1 Å². The van der Waals surface area contributed by atoms with Crippen LogP contribution in [0.2, 0.25) is 0 Å². The van der Waals surface area contributed by atoms with E-state index < -0.39 is 11.7 Å². The van der Waals surface area contributed by atoms with Crippen molar-refractivity contribution in [1.82, 2.24) is 4.98 Å². The molecule has 0 radical (unpaired) electrons. The minimum Gasteiger partial charge on any atom is -0.508 e. The standard InChI is InChI=1S/C18H20F3NO3/c1-3-14-12(2)15(23)6-7-16(14)24-9-4-10-25-17-8-5-13(11-22-17)18(19,20)21/h5-8,11,23H,3-4,9-10H2,1-2H3. The Labute approximate surface area is 144 Å². The second kappa shape index (κ2) is 8.09. The lowest BCUT2D eigenvalue weighted by atomic mass is 10.0. The van der Waals surface area contributed by atoms with Crippen LogP contribution in [0.25, 0.3) is 0 Å². The average Bonchev–Trinajstić information content (AvgIpc) is 2.57. The van der Waals surface area contributed by atoms with Crippen LogP contribution in [0.15, 0.2) is 30.5 Å². The third-order valence-corrected chi connectivity index (χ3v) is 3.74. The lowest BCUT2D eigenvalue weighted by Gasteiger charge is -2.14. The van der Waals surface area contributed by atoms with E-state index >= 15 is 0 Å². The number of alkyl halides is 3. The summed E-state index contributed by atoms with van der Waals surface area (Å²) < 4.78 is 48.3. The van der Waals surface area contributed by atoms with Gasteiger partial charge < -0.3 is 14.6 Å². The number of aromatic nitrogens is 1. The SMILES string of the molecule is CCc1c(OCCCOc2ccc(C(F)(F)F)cn2)ccc(O)c1C. The lowest BCUT2D eigenvalue weighted by Crippen LogP contribution is -2.08. The Balaban J connectivity index is 1.80. The Morgan fingerprint density at radius 3 is 2.40 bits per heavy atom. The second-order valence-corrected chi connectivity index (χ2v) is 5.47. The number of benzene rings is 1. The topological polar surface area (TPSA) is 51.6 Å². The monoisotopic (exact) mass is 355 g/mol. The molecule has 0 aliphatic rings. The van der Waals surface area contributed by atoms with Crippen LogP contribution in [0, 0.1) is 6.92 Å². The van der Waals surface area contributed by atoms with E-state index in [9.17, 15) is 18.3 Å². The maximum atomic E-state index is 12.4. The zero-order valence-electron chi connectivity index (χ0n) is 14.1. The normalized spacial score (nSPS) is 11.4. The van der Waals surface area contributed by atoms with Gasteiger partial charge in [-0.3, -0.25) is 0 Å². The van der Waals surface area contributed by atoms with E-state index in [1.807, 2.05) is 13.8 Å². The molecule has 0 bridgehead atoms. The van der Waals surface area contributed by atoms with E-state index in [-0.39, 0.29) is 18.2 Å². The quantitative estimate of drug-likeness (QED) is 0.742. The highest BCUT2D eigenvalue weighted by atomic mass is 19.4. The van der Waals surface area contributed by atoms with Crippen molar-refractivity contribution in [2.24, 2.45) is 0 Å². The molecular weight excluding hydrogens is 335 g/mol. The minimum absolute atomic E-state index is 0.141. The van der Waals surface area contributed by atoms with Crippen LogP contribution in [0.5, 0.6) is 17.4 Å². The van der Waals surface area contributed by atoms with E-state index in [0.717, 1.165) is 29.8 Å². The summed E-state index contributed by atoms with van der Waals surface area (Å²) in [6, 6.07) is 5.44. The van der Waals surface area contributed by atoms with Gasteiger partial charge in [-0.1, -0.05) is 6.92 Å². The Kier molecular flexibility index (Phi) is 6.12. The maximum Gasteiger partial charge on any atom is 0.417 e. The van der Waals surface area contributed by atoms with Gasteiger partial charge in [0.05, 0.1) is 18.8 Å². The highest BCUT2D eigenvalue weighted by Crippen LogP contribution is 2.30. The summed E-state index contributed by atoms with van der Waals surface area (Å²) in [5, 5.41) is 9.71. The van der Waals surface area contributed by atoms with E-state index in [1.165, 1.54) is 6.07 Å². The number of hydrogen-bond acceptors (Lipinski definition) is 4. The molecule has 0 aliphatic carbocycles. The van der Waals surface area contributed by atoms with E-state index in [4.69, 9.17) is 9.47 Å². The van der Waals surface area contributed by atoms with E-state index in [1.54, 1.807) is 12.1 Å². The summed E-state index contributed by atoms with van der Waals surface area (Å²) in [6.07, 6.45) is -2.37. The Bertz CT molecular complexity index is 700. The van der Waals surface area contributed by atoms with Crippen molar-refractivity contribution >= 4 is 0 Å². The number of pyridine rings is 1. The van der Waals surface area contributed by atoms with Gasteiger partial charge in [-0.15, -0.1) is 0 Å². The van der Waals surface area contributed by atoms with Crippen LogP contribution in [-0.2, 0) is 12.6 Å². The predicted molar refractivity (Wildman–Crippen MR) is 87.1 cm³/mol. The third-order valence-electron chi connectivity index (χ3n) is 3.74. The highest BCUT2D eigenvalue weighted by Gasteiger charge is 2.30. The van der Waals surface area contributed by atoms with Crippen molar-refractivity contribution in [3.8, 4) is 17.4 Å². The molecule has 0 atom stereocenters. The summed E-state index contributed by atoms with van der Waals surface area (Å²) >= 11 is 0. The van der Waals surface area contributed by atoms with Crippen LogP contribution in [0.4, 0.5) is 13.2 Å². The van der Waals surface area contributed by atoms with Crippen molar-refractivity contribution in [2.45, 2.75) is 32.9 Å². The highest BCUT2D eigenvalue weighted by molar-refractivity contribution is 5.47. The lowest BCUT2D eigenvalue weighted by molar-refractivity contribution is -0.137. The third kappa shape index (κ3) is 5.01. The van der Waals surface area contributed by atoms with Crippen LogP contribution in [0.3, 0.4) is 0 Å². The predicted octanol–water partition coefficient (Wildman–Crippen LogP) is 4.52. The number of aromatic hydroxyl groups is 1. The molecule has 1 N–H and O–H groups in total. The fraction of sp³-hybridized carbons (Fsp3) is 0.389. The Hall–Kier alpha value is -2.44. The fourth-order valence-corrected chi connectivity index (χ4v) is 2.35. The number of nitrogens with zero attached hydrogens (tertiary/aromatic N) is 1. The molecule has 4 nitrogen and oxygen atoms in total. The number of ether oxygens (including phenoxy) is 2. The summed E-state index contributed by atoms with van der Waals surface area (Å²) in [5.74, 6) is 1.09. The molecule has 1 aromatic carbocycles. The molecule has 0 amide bonds. The maximum absolute atomic E-state index is 12.4. The largest absolute Gasteiger partial charge is 0.508 e. The van der Waals surface area contributed by atoms with Gasteiger partial charge in [0.15, 0.2) is 0 Å². The number of phenolic OH excluding ortho intramolecular Hbond substituents is 1. The first-order valence-electron chi connectivity index (χ1n) is 7.93. The van der Waals surface area contributed by atoms with E-state index in [2.05, 4.69) is 4.98 Å². The van der Waals surface area contributed by atoms with Crippen LogP contribution >= 0.6 is 0 Å². The van der Waals surface area contributed by atoms with Crippen molar-refractivity contribution in [3.63, 3.8) is 0 Å². The minimum atomic E-state index is -4.40. The molecule has 2 rings (SSSR count). The van der Waals surface area contributed by atoms with Crippen molar-refractivity contribution in [2.75, 3.05) is 13.2 Å². The van der Waals surface area contributed by atoms with Crippen LogP contribution in [0.1, 0.15) is 30.0 Å². The smallest absolute Gasteiger partial charge is 0.417 e. The summed E-state index contributed by atoms with van der Waals surface area (Å²) in [4.78, 5) is 3.64. The summed E-state index contributed by atoms with van der Waals surface area (Å²) in [6.45, 7) is 4.48. The van der Waals surface area contributed by atoms with Crippen molar-refractivity contribution < 1.29 is 27.8 Å². The van der Waals surface area contributed by atoms with Gasteiger partial charge in [0, 0.05) is 24.2 Å². The van der Waals surface area contributed by atoms with Gasteiger partial charge >= 0.3 is 6.18 Å². The molecule has 25 heavy (non-hydrogen) atoms. The first-order valence-corrected chi connectivity index (χ1v) is 7.93. The fourth-order valence-electron chi connectivity index (χ4n) is 2.35. The summed E-state index contributed by atoms with van der Waals surface area (Å²) in [5.41, 5.74) is 0.938. The molecule has 1 aromatic heterocycles. The van der Waals surface area contributed by atoms with Crippen molar-refractivity contribution in [3.05, 3.63) is 47.2 Å². The summed E-state index contributed by atoms with van der Waals surface area (Å²) in [7, 11) is 0. The molecule has 2 aromatic rings. The molecular formula is C18H20F3NO3. The molecule has 0 fully saturated rings. The first kappa shape index (κ1) is 18.9. The Morgan fingerprint density at radius 2 is 1.80 bits per heavy atom. The van der Waals surface area contributed by atoms with Crippen molar-refractivity contribution in [1.29, 1.82) is 0 Å². The molecule has 1 heterocycles. The molecule has 0 saturated heterocycles. The van der Waals surface area contributed by atoms with Crippen LogP contribution < -0.4 is 9.47 Å². The average molecular weight is 355 g/mol. The molecule has 7 heteroatoms.